The fraction of sp³-hybridized carbons (Fsp3) is 0.417. The van der Waals surface area contributed by atoms with Crippen molar-refractivity contribution in [3.8, 4) is 5.75 Å². The second kappa shape index (κ2) is 9.52. The van der Waals surface area contributed by atoms with Crippen LogP contribution >= 0.6 is 11.6 Å². The van der Waals surface area contributed by atoms with Crippen LogP contribution in [0.2, 0.25) is 5.02 Å². The number of carbonyl (C=O) groups is 2. The van der Waals surface area contributed by atoms with Crippen molar-refractivity contribution in [1.29, 1.82) is 0 Å². The van der Waals surface area contributed by atoms with Gasteiger partial charge in [-0.1, -0.05) is 29.8 Å². The molecule has 2 aliphatic rings. The number of piperidine rings is 1. The molecular formula is C24H27ClN2O3. The summed E-state index contributed by atoms with van der Waals surface area (Å²) in [4.78, 5) is 29.3. The van der Waals surface area contributed by atoms with E-state index >= 15 is 0 Å². The van der Waals surface area contributed by atoms with Crippen molar-refractivity contribution in [2.75, 3.05) is 32.8 Å². The first-order valence-electron chi connectivity index (χ1n) is 10.7. The van der Waals surface area contributed by atoms with Gasteiger partial charge in [0.05, 0.1) is 12.2 Å². The van der Waals surface area contributed by atoms with E-state index in [1.165, 1.54) is 0 Å². The molecule has 2 aliphatic heterocycles. The third kappa shape index (κ3) is 4.78. The minimum Gasteiger partial charge on any atom is -0.492 e. The lowest BCUT2D eigenvalue weighted by molar-refractivity contribution is 0.0657. The summed E-state index contributed by atoms with van der Waals surface area (Å²) in [5, 5.41) is 0.575. The summed E-state index contributed by atoms with van der Waals surface area (Å²) in [5.74, 6) is 1.11. The van der Waals surface area contributed by atoms with E-state index in [-0.39, 0.29) is 11.8 Å². The average molecular weight is 427 g/mol. The van der Waals surface area contributed by atoms with E-state index < -0.39 is 0 Å². The van der Waals surface area contributed by atoms with Crippen molar-refractivity contribution in [1.82, 2.24) is 9.80 Å². The van der Waals surface area contributed by atoms with Crippen LogP contribution in [-0.2, 0) is 0 Å². The van der Waals surface area contributed by atoms with Crippen molar-refractivity contribution in [2.45, 2.75) is 25.7 Å². The number of amides is 2. The predicted octanol–water partition coefficient (Wildman–Crippen LogP) is 4.51. The maximum Gasteiger partial charge on any atom is 0.257 e. The van der Waals surface area contributed by atoms with Crippen molar-refractivity contribution in [2.24, 2.45) is 5.92 Å². The van der Waals surface area contributed by atoms with Crippen molar-refractivity contribution in [3.63, 3.8) is 0 Å². The van der Waals surface area contributed by atoms with Crippen LogP contribution in [0.25, 0.3) is 0 Å². The van der Waals surface area contributed by atoms with Crippen LogP contribution < -0.4 is 4.74 Å². The van der Waals surface area contributed by atoms with Gasteiger partial charge >= 0.3 is 0 Å². The Kier molecular flexibility index (Phi) is 6.58. The Morgan fingerprint density at radius 2 is 1.60 bits per heavy atom. The molecule has 0 atom stereocenters. The minimum atomic E-state index is 0.0263. The summed E-state index contributed by atoms with van der Waals surface area (Å²) < 4.78 is 6.09. The summed E-state index contributed by atoms with van der Waals surface area (Å²) >= 11 is 6.01. The number of benzene rings is 2. The highest BCUT2D eigenvalue weighted by atomic mass is 35.5. The van der Waals surface area contributed by atoms with Crippen LogP contribution in [-0.4, -0.2) is 54.4 Å². The van der Waals surface area contributed by atoms with E-state index in [0.29, 0.717) is 47.5 Å². The Hall–Kier alpha value is -2.53. The Morgan fingerprint density at radius 3 is 2.33 bits per heavy atom. The molecule has 2 aromatic carbocycles. The summed E-state index contributed by atoms with van der Waals surface area (Å²) in [5.41, 5.74) is 1.28. The van der Waals surface area contributed by atoms with Crippen LogP contribution in [0.15, 0.2) is 48.5 Å². The topological polar surface area (TPSA) is 49.9 Å². The monoisotopic (exact) mass is 426 g/mol. The van der Waals surface area contributed by atoms with Gasteiger partial charge in [0, 0.05) is 36.8 Å². The molecule has 2 heterocycles. The lowest BCUT2D eigenvalue weighted by Crippen LogP contribution is -2.39. The van der Waals surface area contributed by atoms with E-state index in [0.717, 1.165) is 38.8 Å². The van der Waals surface area contributed by atoms with Crippen LogP contribution in [0.1, 0.15) is 46.4 Å². The number of para-hydroxylation sites is 1. The van der Waals surface area contributed by atoms with Gasteiger partial charge in [0.1, 0.15) is 5.75 Å². The SMILES string of the molecule is O=C(c1cccc(Cl)c1)N1CCC(COc2ccccc2C(=O)N2CCCC2)CC1. The predicted molar refractivity (Wildman–Crippen MR) is 117 cm³/mol. The number of halogens is 1. The standard InChI is InChI=1S/C24H27ClN2O3/c25-20-7-5-6-19(16-20)23(28)27-14-10-18(11-15-27)17-30-22-9-2-1-8-21(22)24(29)26-12-3-4-13-26/h1-2,5-9,16,18H,3-4,10-15,17H2. The van der Waals surface area contributed by atoms with Crippen molar-refractivity contribution < 1.29 is 14.3 Å². The number of likely N-dealkylation sites (tertiary alicyclic amines) is 2. The normalized spacial score (nSPS) is 17.2. The van der Waals surface area contributed by atoms with Gasteiger partial charge in [-0.2, -0.15) is 0 Å². The molecule has 2 amide bonds. The van der Waals surface area contributed by atoms with Gasteiger partial charge < -0.3 is 14.5 Å². The van der Waals surface area contributed by atoms with Gasteiger partial charge in [-0.15, -0.1) is 0 Å². The molecule has 0 aliphatic carbocycles. The zero-order valence-corrected chi connectivity index (χ0v) is 17.8. The van der Waals surface area contributed by atoms with Crippen LogP contribution in [0.5, 0.6) is 5.75 Å². The summed E-state index contributed by atoms with van der Waals surface area (Å²) in [6.45, 7) is 3.61. The van der Waals surface area contributed by atoms with Crippen molar-refractivity contribution >= 4 is 23.4 Å². The highest BCUT2D eigenvalue weighted by molar-refractivity contribution is 6.30. The number of ether oxygens (including phenoxy) is 1. The number of nitrogens with zero attached hydrogens (tertiary/aromatic N) is 2. The van der Waals surface area contributed by atoms with E-state index in [2.05, 4.69) is 0 Å². The molecule has 0 spiro atoms. The molecule has 0 saturated carbocycles. The maximum absolute atomic E-state index is 12.8. The zero-order valence-electron chi connectivity index (χ0n) is 17.1. The first kappa shape index (κ1) is 20.7. The van der Waals surface area contributed by atoms with Crippen LogP contribution in [0.4, 0.5) is 0 Å². The highest BCUT2D eigenvalue weighted by Crippen LogP contribution is 2.25. The van der Waals surface area contributed by atoms with Gasteiger partial charge in [-0.25, -0.2) is 0 Å². The molecule has 2 aromatic rings. The molecule has 0 radical (unpaired) electrons. The molecule has 2 saturated heterocycles. The number of carbonyl (C=O) groups excluding carboxylic acids is 2. The molecule has 0 unspecified atom stereocenters. The van der Waals surface area contributed by atoms with Gasteiger partial charge in [0.25, 0.3) is 11.8 Å². The smallest absolute Gasteiger partial charge is 0.257 e. The lowest BCUT2D eigenvalue weighted by atomic mass is 9.97. The third-order valence-corrected chi connectivity index (χ3v) is 6.19. The van der Waals surface area contributed by atoms with Gasteiger partial charge in [0.2, 0.25) is 0 Å². The largest absolute Gasteiger partial charge is 0.492 e. The van der Waals surface area contributed by atoms with Gasteiger partial charge in [-0.05, 0) is 61.9 Å². The third-order valence-electron chi connectivity index (χ3n) is 5.96. The second-order valence-corrected chi connectivity index (χ2v) is 8.49. The van der Waals surface area contributed by atoms with Crippen LogP contribution in [0.3, 0.4) is 0 Å². The molecule has 6 heteroatoms. The first-order valence-corrected chi connectivity index (χ1v) is 11.1. The van der Waals surface area contributed by atoms with E-state index in [4.69, 9.17) is 16.3 Å². The molecule has 5 nitrogen and oxygen atoms in total. The maximum atomic E-state index is 12.8. The average Bonchev–Trinajstić information content (AvgIpc) is 3.32. The fourth-order valence-electron chi connectivity index (χ4n) is 4.17. The Labute approximate surface area is 182 Å². The van der Waals surface area contributed by atoms with E-state index in [1.807, 2.05) is 34.1 Å². The van der Waals surface area contributed by atoms with E-state index in [1.54, 1.807) is 24.3 Å². The number of hydrogen-bond donors (Lipinski definition) is 0. The molecular weight excluding hydrogens is 400 g/mol. The second-order valence-electron chi connectivity index (χ2n) is 8.05. The van der Waals surface area contributed by atoms with Crippen molar-refractivity contribution in [3.05, 3.63) is 64.7 Å². The summed E-state index contributed by atoms with van der Waals surface area (Å²) in [6.07, 6.45) is 3.91. The number of hydrogen-bond acceptors (Lipinski definition) is 3. The molecule has 158 valence electrons. The summed E-state index contributed by atoms with van der Waals surface area (Å²) in [6, 6.07) is 14.6. The molecule has 4 rings (SSSR count). The first-order chi connectivity index (χ1) is 14.6. The molecule has 2 fully saturated rings. The quantitative estimate of drug-likeness (QED) is 0.706. The minimum absolute atomic E-state index is 0.0263. The molecule has 30 heavy (non-hydrogen) atoms. The Balaban J connectivity index is 1.31. The highest BCUT2D eigenvalue weighted by Gasteiger charge is 2.26. The zero-order chi connectivity index (χ0) is 20.9. The van der Waals surface area contributed by atoms with Crippen LogP contribution in [0, 0.1) is 5.92 Å². The molecule has 0 bridgehead atoms. The number of rotatable bonds is 5. The molecule has 0 N–H and O–H groups in total. The summed E-state index contributed by atoms with van der Waals surface area (Å²) in [7, 11) is 0. The van der Waals surface area contributed by atoms with Gasteiger partial charge in [0.15, 0.2) is 0 Å². The van der Waals surface area contributed by atoms with E-state index in [9.17, 15) is 9.59 Å². The lowest BCUT2D eigenvalue weighted by Gasteiger charge is -2.32. The Morgan fingerprint density at radius 1 is 0.900 bits per heavy atom. The molecule has 0 aromatic heterocycles. The van der Waals surface area contributed by atoms with Gasteiger partial charge in [-0.3, -0.25) is 9.59 Å². The Bertz CT molecular complexity index is 903. The fourth-order valence-corrected chi connectivity index (χ4v) is 4.36.